The molecule has 1 amide bonds. The van der Waals surface area contributed by atoms with Crippen LogP contribution in [0.15, 0.2) is 35.6 Å². The van der Waals surface area contributed by atoms with E-state index in [0.717, 1.165) is 22.3 Å². The highest BCUT2D eigenvalue weighted by atomic mass is 32.2. The zero-order valence-corrected chi connectivity index (χ0v) is 16.3. The maximum Gasteiger partial charge on any atom is 0.236 e. The van der Waals surface area contributed by atoms with Gasteiger partial charge in [0.25, 0.3) is 0 Å². The van der Waals surface area contributed by atoms with Crippen molar-refractivity contribution >= 4 is 34.1 Å². The van der Waals surface area contributed by atoms with Crippen LogP contribution in [0.4, 0.5) is 13.9 Å². The molecule has 2 heterocycles. The highest BCUT2D eigenvalue weighted by molar-refractivity contribution is 7.99. The summed E-state index contributed by atoms with van der Waals surface area (Å²) in [4.78, 5) is 25.5. The fourth-order valence-electron chi connectivity index (χ4n) is 2.34. The Morgan fingerprint density at radius 2 is 1.93 bits per heavy atom. The molecule has 0 unspecified atom stereocenters. The first-order chi connectivity index (χ1) is 12.9. The minimum absolute atomic E-state index is 0.157. The lowest BCUT2D eigenvalue weighted by molar-refractivity contribution is -0.113. The number of nitrogens with zero attached hydrogens (tertiary/aromatic N) is 3. The number of aryl methyl sites for hydroxylation is 2. The van der Waals surface area contributed by atoms with Crippen molar-refractivity contribution in [1.82, 2.24) is 15.0 Å². The molecule has 0 atom stereocenters. The van der Waals surface area contributed by atoms with E-state index < -0.39 is 11.6 Å². The van der Waals surface area contributed by atoms with E-state index in [2.05, 4.69) is 20.3 Å². The van der Waals surface area contributed by atoms with Crippen molar-refractivity contribution in [2.24, 2.45) is 0 Å². The zero-order valence-electron chi connectivity index (χ0n) is 14.6. The number of thiazole rings is 1. The van der Waals surface area contributed by atoms with Gasteiger partial charge in [0.15, 0.2) is 10.3 Å². The molecule has 2 aromatic heterocycles. The third kappa shape index (κ3) is 5.54. The number of hydrogen-bond donors (Lipinski definition) is 1. The van der Waals surface area contributed by atoms with Crippen LogP contribution in [0.2, 0.25) is 0 Å². The van der Waals surface area contributed by atoms with E-state index in [-0.39, 0.29) is 18.1 Å². The van der Waals surface area contributed by atoms with Crippen molar-refractivity contribution in [1.29, 1.82) is 0 Å². The van der Waals surface area contributed by atoms with E-state index in [1.165, 1.54) is 35.2 Å². The molecule has 1 aromatic carbocycles. The van der Waals surface area contributed by atoms with Gasteiger partial charge in [-0.05, 0) is 31.5 Å². The fourth-order valence-corrected chi connectivity index (χ4v) is 3.94. The van der Waals surface area contributed by atoms with Gasteiger partial charge in [0.05, 0.1) is 5.75 Å². The monoisotopic (exact) mass is 406 g/mol. The molecule has 0 fully saturated rings. The second kappa shape index (κ2) is 8.53. The summed E-state index contributed by atoms with van der Waals surface area (Å²) >= 11 is 2.50. The van der Waals surface area contributed by atoms with Crippen LogP contribution < -0.4 is 5.32 Å². The first kappa shape index (κ1) is 19.4. The highest BCUT2D eigenvalue weighted by Gasteiger charge is 2.11. The summed E-state index contributed by atoms with van der Waals surface area (Å²) in [5.41, 5.74) is 2.08. The molecule has 1 N–H and O–H groups in total. The van der Waals surface area contributed by atoms with Crippen molar-refractivity contribution in [3.8, 4) is 0 Å². The molecule has 0 aliphatic rings. The van der Waals surface area contributed by atoms with Crippen LogP contribution in [-0.2, 0) is 11.2 Å². The van der Waals surface area contributed by atoms with Gasteiger partial charge in [-0.2, -0.15) is 0 Å². The highest BCUT2D eigenvalue weighted by Crippen LogP contribution is 2.23. The predicted molar refractivity (Wildman–Crippen MR) is 102 cm³/mol. The Labute approximate surface area is 163 Å². The molecular formula is C18H16F2N4OS2. The summed E-state index contributed by atoms with van der Waals surface area (Å²) in [6.45, 7) is 3.75. The first-order valence-corrected chi connectivity index (χ1v) is 9.83. The third-order valence-electron chi connectivity index (χ3n) is 3.47. The minimum atomic E-state index is -0.612. The van der Waals surface area contributed by atoms with Gasteiger partial charge in [-0.1, -0.05) is 17.8 Å². The molecule has 0 bridgehead atoms. The van der Waals surface area contributed by atoms with E-state index in [0.29, 0.717) is 15.9 Å². The molecule has 0 aliphatic heterocycles. The Morgan fingerprint density at radius 1 is 1.19 bits per heavy atom. The summed E-state index contributed by atoms with van der Waals surface area (Å²) in [5, 5.41) is 3.69. The number of carbonyl (C=O) groups excluding carboxylic acids is 1. The molecule has 3 rings (SSSR count). The second-order valence-electron chi connectivity index (χ2n) is 5.81. The molecule has 140 valence electrons. The fraction of sp³-hybridized carbons (Fsp3) is 0.222. The number of anilines is 1. The van der Waals surface area contributed by atoms with Crippen molar-refractivity contribution in [3.05, 3.63) is 63.9 Å². The van der Waals surface area contributed by atoms with E-state index in [9.17, 15) is 13.6 Å². The largest absolute Gasteiger partial charge is 0.301 e. The number of aromatic nitrogens is 3. The van der Waals surface area contributed by atoms with Crippen LogP contribution in [-0.4, -0.2) is 26.6 Å². The summed E-state index contributed by atoms with van der Waals surface area (Å²) in [6, 6.07) is 5.34. The molecular weight excluding hydrogens is 390 g/mol. The lowest BCUT2D eigenvalue weighted by Gasteiger charge is -2.03. The normalized spacial score (nSPS) is 10.8. The van der Waals surface area contributed by atoms with Crippen LogP contribution >= 0.6 is 23.1 Å². The standard InChI is InChI=1S/C18H16F2N4OS2/c1-10-5-11(2)23-18(22-10)26-9-16(25)24-17-21-8-14(27-17)6-12-3-4-13(19)7-15(12)20/h3-5,7-8H,6,9H2,1-2H3,(H,21,24,25). The average Bonchev–Trinajstić information content (AvgIpc) is 3.02. The van der Waals surface area contributed by atoms with Gasteiger partial charge in [-0.25, -0.2) is 23.7 Å². The molecule has 0 aliphatic carbocycles. The van der Waals surface area contributed by atoms with Crippen molar-refractivity contribution in [3.63, 3.8) is 0 Å². The zero-order chi connectivity index (χ0) is 19.4. The van der Waals surface area contributed by atoms with E-state index >= 15 is 0 Å². The number of amides is 1. The van der Waals surface area contributed by atoms with Crippen molar-refractivity contribution in [2.75, 3.05) is 11.1 Å². The van der Waals surface area contributed by atoms with Gasteiger partial charge >= 0.3 is 0 Å². The summed E-state index contributed by atoms with van der Waals surface area (Å²) in [5.74, 6) is -1.28. The van der Waals surface area contributed by atoms with Gasteiger partial charge in [-0.3, -0.25) is 4.79 Å². The van der Waals surface area contributed by atoms with Crippen molar-refractivity contribution in [2.45, 2.75) is 25.4 Å². The minimum Gasteiger partial charge on any atom is -0.301 e. The number of hydrogen-bond acceptors (Lipinski definition) is 6. The third-order valence-corrected chi connectivity index (χ3v) is 5.23. The number of nitrogens with one attached hydrogen (secondary N) is 1. The van der Waals surface area contributed by atoms with Crippen LogP contribution in [0.1, 0.15) is 21.8 Å². The number of benzene rings is 1. The Morgan fingerprint density at radius 3 is 2.63 bits per heavy atom. The Kier molecular flexibility index (Phi) is 6.12. The molecule has 0 saturated carbocycles. The maximum absolute atomic E-state index is 13.7. The van der Waals surface area contributed by atoms with Gasteiger partial charge in [0.1, 0.15) is 11.6 Å². The summed E-state index contributed by atoms with van der Waals surface area (Å²) in [6.07, 6.45) is 1.86. The molecule has 5 nitrogen and oxygen atoms in total. The van der Waals surface area contributed by atoms with Crippen LogP contribution in [0.5, 0.6) is 0 Å². The maximum atomic E-state index is 13.7. The van der Waals surface area contributed by atoms with Gasteiger partial charge in [0, 0.05) is 34.9 Å². The first-order valence-electron chi connectivity index (χ1n) is 8.02. The van der Waals surface area contributed by atoms with E-state index in [1.807, 2.05) is 19.9 Å². The van der Waals surface area contributed by atoms with Gasteiger partial charge < -0.3 is 5.32 Å². The topological polar surface area (TPSA) is 67.8 Å². The molecule has 0 spiro atoms. The number of thioether (sulfide) groups is 1. The Balaban J connectivity index is 1.56. The summed E-state index contributed by atoms with van der Waals surface area (Å²) in [7, 11) is 0. The lowest BCUT2D eigenvalue weighted by atomic mass is 10.1. The summed E-state index contributed by atoms with van der Waals surface area (Å²) < 4.78 is 26.7. The van der Waals surface area contributed by atoms with Gasteiger partial charge in [-0.15, -0.1) is 11.3 Å². The van der Waals surface area contributed by atoms with Crippen LogP contribution in [0.25, 0.3) is 0 Å². The number of halogens is 2. The SMILES string of the molecule is Cc1cc(C)nc(SCC(=O)Nc2ncc(Cc3ccc(F)cc3F)s2)n1. The molecule has 0 saturated heterocycles. The Hall–Kier alpha value is -2.39. The van der Waals surface area contributed by atoms with Crippen LogP contribution in [0.3, 0.4) is 0 Å². The van der Waals surface area contributed by atoms with Gasteiger partial charge in [0.2, 0.25) is 5.91 Å². The quantitative estimate of drug-likeness (QED) is 0.492. The van der Waals surface area contributed by atoms with E-state index in [4.69, 9.17) is 0 Å². The Bertz CT molecular complexity index is 957. The lowest BCUT2D eigenvalue weighted by Crippen LogP contribution is -2.14. The number of rotatable bonds is 6. The molecule has 9 heteroatoms. The average molecular weight is 406 g/mol. The van der Waals surface area contributed by atoms with E-state index in [1.54, 1.807) is 6.20 Å². The molecule has 27 heavy (non-hydrogen) atoms. The molecule has 0 radical (unpaired) electrons. The van der Waals surface area contributed by atoms with Crippen molar-refractivity contribution < 1.29 is 13.6 Å². The second-order valence-corrected chi connectivity index (χ2v) is 7.87. The van der Waals surface area contributed by atoms with Crippen LogP contribution in [0, 0.1) is 25.5 Å². The predicted octanol–water partition coefficient (Wildman–Crippen LogP) is 4.15. The molecule has 3 aromatic rings. The number of carbonyl (C=O) groups is 1. The smallest absolute Gasteiger partial charge is 0.236 e.